The van der Waals surface area contributed by atoms with E-state index >= 15 is 0 Å². The Morgan fingerprint density at radius 1 is 1.53 bits per heavy atom. The molecule has 2 heterocycles. The molecular weight excluding hydrogens is 210 g/mol. The van der Waals surface area contributed by atoms with E-state index in [1.807, 2.05) is 32.3 Å². The topological polar surface area (TPSA) is 29.3 Å². The van der Waals surface area contributed by atoms with Crippen LogP contribution in [0.2, 0.25) is 5.02 Å². The van der Waals surface area contributed by atoms with Crippen LogP contribution < -0.4 is 5.32 Å². The van der Waals surface area contributed by atoms with Crippen LogP contribution in [0, 0.1) is 6.92 Å². The molecule has 0 fully saturated rings. The maximum Gasteiger partial charge on any atom is 0.156 e. The monoisotopic (exact) mass is 223 g/mol. The van der Waals surface area contributed by atoms with Gasteiger partial charge >= 0.3 is 0 Å². The molecule has 0 saturated carbocycles. The molecule has 2 aromatic heterocycles. The second-order valence-corrected chi connectivity index (χ2v) is 3.95. The van der Waals surface area contributed by atoms with Crippen molar-refractivity contribution in [2.75, 3.05) is 13.6 Å². The molecule has 4 heteroatoms. The molecule has 1 N–H and O–H groups in total. The number of hydrogen-bond donors (Lipinski definition) is 1. The first kappa shape index (κ1) is 10.5. The summed E-state index contributed by atoms with van der Waals surface area (Å²) < 4.78 is 2.06. The molecule has 15 heavy (non-hydrogen) atoms. The van der Waals surface area contributed by atoms with Crippen LogP contribution >= 0.6 is 11.6 Å². The summed E-state index contributed by atoms with van der Waals surface area (Å²) in [7, 11) is 1.95. The fourth-order valence-corrected chi connectivity index (χ4v) is 1.95. The van der Waals surface area contributed by atoms with E-state index in [9.17, 15) is 0 Å². The lowest BCUT2D eigenvalue weighted by atomic mass is 10.2. The van der Waals surface area contributed by atoms with Crippen molar-refractivity contribution in [2.45, 2.75) is 13.3 Å². The SMILES string of the molecule is CNCCc1c(C)nc2c(Cl)cccn12. The molecule has 0 spiro atoms. The smallest absolute Gasteiger partial charge is 0.156 e. The molecule has 0 amide bonds. The van der Waals surface area contributed by atoms with Crippen molar-refractivity contribution in [1.82, 2.24) is 14.7 Å². The van der Waals surface area contributed by atoms with E-state index in [2.05, 4.69) is 14.7 Å². The molecule has 0 aliphatic rings. The molecule has 0 bridgehead atoms. The molecule has 0 aliphatic heterocycles. The Morgan fingerprint density at radius 2 is 2.33 bits per heavy atom. The highest BCUT2D eigenvalue weighted by atomic mass is 35.5. The van der Waals surface area contributed by atoms with Gasteiger partial charge in [-0.2, -0.15) is 0 Å². The minimum absolute atomic E-state index is 0.705. The minimum Gasteiger partial charge on any atom is -0.319 e. The number of fused-ring (bicyclic) bond motifs is 1. The van der Waals surface area contributed by atoms with Crippen molar-refractivity contribution in [1.29, 1.82) is 0 Å². The number of halogens is 1. The van der Waals surface area contributed by atoms with Crippen molar-refractivity contribution in [3.8, 4) is 0 Å². The quantitative estimate of drug-likeness (QED) is 0.863. The van der Waals surface area contributed by atoms with Gasteiger partial charge in [-0.3, -0.25) is 0 Å². The Kier molecular flexibility index (Phi) is 2.93. The minimum atomic E-state index is 0.705. The zero-order valence-corrected chi connectivity index (χ0v) is 9.67. The fraction of sp³-hybridized carbons (Fsp3) is 0.364. The number of aromatic nitrogens is 2. The third-order valence-corrected chi connectivity index (χ3v) is 2.81. The second kappa shape index (κ2) is 4.21. The molecular formula is C11H14ClN3. The van der Waals surface area contributed by atoms with E-state index in [0.717, 1.165) is 24.3 Å². The van der Waals surface area contributed by atoms with E-state index in [0.29, 0.717) is 5.02 Å². The molecule has 3 nitrogen and oxygen atoms in total. The van der Waals surface area contributed by atoms with Crippen LogP contribution in [0.3, 0.4) is 0 Å². The second-order valence-electron chi connectivity index (χ2n) is 3.55. The van der Waals surface area contributed by atoms with Gasteiger partial charge in [0.15, 0.2) is 5.65 Å². The Labute approximate surface area is 94.1 Å². The summed E-state index contributed by atoms with van der Waals surface area (Å²) in [6, 6.07) is 3.81. The summed E-state index contributed by atoms with van der Waals surface area (Å²) in [6.45, 7) is 2.97. The van der Waals surface area contributed by atoms with Crippen LogP contribution in [0.4, 0.5) is 0 Å². The Bertz CT molecular complexity index is 476. The number of aryl methyl sites for hydroxylation is 1. The van der Waals surface area contributed by atoms with Crippen LogP contribution in [-0.4, -0.2) is 23.0 Å². The molecule has 0 atom stereocenters. The third-order valence-electron chi connectivity index (χ3n) is 2.51. The van der Waals surface area contributed by atoms with Gasteiger partial charge in [0.1, 0.15) is 0 Å². The van der Waals surface area contributed by atoms with Crippen LogP contribution in [0.25, 0.3) is 5.65 Å². The standard InChI is InChI=1S/C11H14ClN3/c1-8-10(5-6-13-2)15-7-3-4-9(12)11(15)14-8/h3-4,7,13H,5-6H2,1-2H3. The van der Waals surface area contributed by atoms with Gasteiger partial charge in [-0.25, -0.2) is 4.98 Å². The highest BCUT2D eigenvalue weighted by Gasteiger charge is 2.09. The van der Waals surface area contributed by atoms with Crippen molar-refractivity contribution >= 4 is 17.2 Å². The van der Waals surface area contributed by atoms with Gasteiger partial charge in [-0.05, 0) is 26.1 Å². The van der Waals surface area contributed by atoms with E-state index in [1.165, 1.54) is 5.69 Å². The lowest BCUT2D eigenvalue weighted by Gasteiger charge is -2.02. The van der Waals surface area contributed by atoms with Crippen LogP contribution in [0.15, 0.2) is 18.3 Å². The van der Waals surface area contributed by atoms with Crippen LogP contribution in [0.1, 0.15) is 11.4 Å². The summed E-state index contributed by atoms with van der Waals surface area (Å²) in [6.07, 6.45) is 2.97. The van der Waals surface area contributed by atoms with Crippen LogP contribution in [0.5, 0.6) is 0 Å². The maximum atomic E-state index is 6.08. The van der Waals surface area contributed by atoms with Gasteiger partial charge in [0.25, 0.3) is 0 Å². The van der Waals surface area contributed by atoms with Gasteiger partial charge in [-0.1, -0.05) is 11.6 Å². The molecule has 0 saturated heterocycles. The lowest BCUT2D eigenvalue weighted by Crippen LogP contribution is -2.12. The number of likely N-dealkylation sites (N-methyl/N-ethyl adjacent to an activating group) is 1. The third kappa shape index (κ3) is 1.85. The average Bonchev–Trinajstić information content (AvgIpc) is 2.54. The average molecular weight is 224 g/mol. The molecule has 2 aromatic rings. The predicted octanol–water partition coefficient (Wildman–Crippen LogP) is 2.06. The number of nitrogens with one attached hydrogen (secondary N) is 1. The van der Waals surface area contributed by atoms with Gasteiger partial charge in [0.05, 0.1) is 10.7 Å². The molecule has 0 radical (unpaired) electrons. The summed E-state index contributed by atoms with van der Waals surface area (Å²) >= 11 is 6.08. The first-order valence-corrected chi connectivity index (χ1v) is 5.38. The summed E-state index contributed by atoms with van der Waals surface area (Å²) in [5, 5.41) is 3.84. The summed E-state index contributed by atoms with van der Waals surface area (Å²) in [5.41, 5.74) is 3.13. The van der Waals surface area contributed by atoms with E-state index in [4.69, 9.17) is 11.6 Å². The van der Waals surface area contributed by atoms with Crippen molar-refractivity contribution in [2.24, 2.45) is 0 Å². The largest absolute Gasteiger partial charge is 0.319 e. The first-order chi connectivity index (χ1) is 7.24. The first-order valence-electron chi connectivity index (χ1n) is 5.00. The molecule has 2 rings (SSSR count). The Hall–Kier alpha value is -1.06. The van der Waals surface area contributed by atoms with Gasteiger partial charge in [0.2, 0.25) is 0 Å². The molecule has 0 aromatic carbocycles. The number of rotatable bonds is 3. The fourth-order valence-electron chi connectivity index (χ4n) is 1.74. The predicted molar refractivity (Wildman–Crippen MR) is 62.6 cm³/mol. The molecule has 0 aliphatic carbocycles. The Balaban J connectivity index is 2.53. The highest BCUT2D eigenvalue weighted by molar-refractivity contribution is 6.33. The molecule has 0 unspecified atom stereocenters. The summed E-state index contributed by atoms with van der Waals surface area (Å²) in [5.74, 6) is 0. The van der Waals surface area contributed by atoms with Crippen molar-refractivity contribution in [3.63, 3.8) is 0 Å². The number of nitrogens with zero attached hydrogens (tertiary/aromatic N) is 2. The van der Waals surface area contributed by atoms with Crippen molar-refractivity contribution in [3.05, 3.63) is 34.7 Å². The normalized spacial score (nSPS) is 11.1. The van der Waals surface area contributed by atoms with Gasteiger partial charge < -0.3 is 9.72 Å². The van der Waals surface area contributed by atoms with Gasteiger partial charge in [-0.15, -0.1) is 0 Å². The van der Waals surface area contributed by atoms with Crippen molar-refractivity contribution < 1.29 is 0 Å². The zero-order chi connectivity index (χ0) is 10.8. The maximum absolute atomic E-state index is 6.08. The zero-order valence-electron chi connectivity index (χ0n) is 8.92. The highest BCUT2D eigenvalue weighted by Crippen LogP contribution is 2.19. The lowest BCUT2D eigenvalue weighted by molar-refractivity contribution is 0.767. The number of pyridine rings is 1. The van der Waals surface area contributed by atoms with E-state index < -0.39 is 0 Å². The van der Waals surface area contributed by atoms with Gasteiger partial charge in [0, 0.05) is 24.9 Å². The summed E-state index contributed by atoms with van der Waals surface area (Å²) in [4.78, 5) is 4.47. The Morgan fingerprint density at radius 3 is 3.07 bits per heavy atom. The van der Waals surface area contributed by atoms with Crippen LogP contribution in [-0.2, 0) is 6.42 Å². The van der Waals surface area contributed by atoms with E-state index in [1.54, 1.807) is 0 Å². The van der Waals surface area contributed by atoms with E-state index in [-0.39, 0.29) is 0 Å². The number of hydrogen-bond acceptors (Lipinski definition) is 2. The molecule has 80 valence electrons. The number of imidazole rings is 1.